The van der Waals surface area contributed by atoms with Gasteiger partial charge >= 0.3 is 0 Å². The van der Waals surface area contributed by atoms with E-state index < -0.39 is 0 Å². The van der Waals surface area contributed by atoms with Crippen LogP contribution in [0.2, 0.25) is 0 Å². The summed E-state index contributed by atoms with van der Waals surface area (Å²) in [5, 5.41) is 0. The first-order valence-electron chi connectivity index (χ1n) is 5.92. The largest absolute Gasteiger partial charge is 0.399 e. The summed E-state index contributed by atoms with van der Waals surface area (Å²) in [5.41, 5.74) is 9.29. The Labute approximate surface area is 112 Å². The fraction of sp³-hybridized carbons (Fsp3) is 0.0625. The summed E-state index contributed by atoms with van der Waals surface area (Å²) in [6, 6.07) is 7.12. The Balaban J connectivity index is 2.64. The van der Waals surface area contributed by atoms with Crippen molar-refractivity contribution in [2.24, 2.45) is 0 Å². The summed E-state index contributed by atoms with van der Waals surface area (Å²) < 4.78 is 14.1. The second-order valence-electron chi connectivity index (χ2n) is 4.25. The van der Waals surface area contributed by atoms with Gasteiger partial charge < -0.3 is 5.73 Å². The Morgan fingerprint density at radius 2 is 1.95 bits per heavy atom. The Kier molecular flexibility index (Phi) is 3.76. The highest BCUT2D eigenvalue weighted by Crippen LogP contribution is 2.31. The number of nitrogens with zero attached hydrogens (tertiary/aromatic N) is 1. The third-order valence-electron chi connectivity index (χ3n) is 2.89. The first-order chi connectivity index (χ1) is 9.13. The second-order valence-corrected chi connectivity index (χ2v) is 4.25. The maximum atomic E-state index is 14.1. The van der Waals surface area contributed by atoms with Crippen LogP contribution >= 0.6 is 0 Å². The number of aromatic nitrogens is 1. The van der Waals surface area contributed by atoms with Gasteiger partial charge in [0.05, 0.1) is 6.20 Å². The zero-order valence-corrected chi connectivity index (χ0v) is 10.7. The maximum Gasteiger partial charge on any atom is 0.149 e. The van der Waals surface area contributed by atoms with Crippen LogP contribution in [0, 0.1) is 5.82 Å². The number of nitrogens with two attached hydrogens (primary N) is 1. The van der Waals surface area contributed by atoms with E-state index in [9.17, 15) is 4.39 Å². The van der Waals surface area contributed by atoms with E-state index in [0.29, 0.717) is 11.3 Å². The van der Waals surface area contributed by atoms with E-state index in [4.69, 9.17) is 5.73 Å². The number of nitrogen functional groups attached to an aromatic ring is 1. The van der Waals surface area contributed by atoms with E-state index in [1.54, 1.807) is 36.5 Å². The van der Waals surface area contributed by atoms with Crippen LogP contribution in [0.4, 0.5) is 10.1 Å². The topological polar surface area (TPSA) is 38.9 Å². The Hall–Kier alpha value is -2.42. The minimum atomic E-state index is -0.348. The van der Waals surface area contributed by atoms with E-state index in [2.05, 4.69) is 11.6 Å². The third kappa shape index (κ3) is 2.71. The van der Waals surface area contributed by atoms with Gasteiger partial charge in [-0.25, -0.2) is 4.39 Å². The van der Waals surface area contributed by atoms with Crippen molar-refractivity contribution < 1.29 is 4.39 Å². The molecule has 3 heteroatoms. The second kappa shape index (κ2) is 5.48. The average Bonchev–Trinajstić information content (AvgIpc) is 2.40. The fourth-order valence-electron chi connectivity index (χ4n) is 1.94. The molecule has 0 spiro atoms. The fourth-order valence-corrected chi connectivity index (χ4v) is 1.94. The molecule has 96 valence electrons. The van der Waals surface area contributed by atoms with Gasteiger partial charge in [0, 0.05) is 23.0 Å². The standard InChI is InChI=1S/C16H15FN2/c1-3-4-11(2)14-9-19-10-15(17)16(14)12-5-7-13(18)8-6-12/h3-10H,1,18H2,2H3/b11-4+. The Bertz CT molecular complexity index is 628. The highest BCUT2D eigenvalue weighted by atomic mass is 19.1. The van der Waals surface area contributed by atoms with Crippen LogP contribution in [0.15, 0.2) is 55.4 Å². The molecule has 0 saturated carbocycles. The van der Waals surface area contributed by atoms with Crippen LogP contribution in [0.25, 0.3) is 16.7 Å². The molecule has 0 atom stereocenters. The van der Waals surface area contributed by atoms with Crippen molar-refractivity contribution in [1.82, 2.24) is 4.98 Å². The van der Waals surface area contributed by atoms with Gasteiger partial charge in [0.2, 0.25) is 0 Å². The molecule has 0 fully saturated rings. The molecule has 0 radical (unpaired) electrons. The Morgan fingerprint density at radius 3 is 2.58 bits per heavy atom. The van der Waals surface area contributed by atoms with Gasteiger partial charge in [-0.2, -0.15) is 0 Å². The van der Waals surface area contributed by atoms with Crippen molar-refractivity contribution in [1.29, 1.82) is 0 Å². The summed E-state index contributed by atoms with van der Waals surface area (Å²) >= 11 is 0. The molecule has 19 heavy (non-hydrogen) atoms. The SMILES string of the molecule is C=C/C=C(\C)c1cncc(F)c1-c1ccc(N)cc1. The van der Waals surface area contributed by atoms with Gasteiger partial charge in [-0.1, -0.05) is 30.9 Å². The number of hydrogen-bond donors (Lipinski definition) is 1. The number of anilines is 1. The smallest absolute Gasteiger partial charge is 0.149 e. The number of rotatable bonds is 3. The lowest BCUT2D eigenvalue weighted by Gasteiger charge is -2.11. The molecule has 0 aliphatic carbocycles. The summed E-state index contributed by atoms with van der Waals surface area (Å²) in [6.45, 7) is 5.56. The monoisotopic (exact) mass is 254 g/mol. The van der Waals surface area contributed by atoms with Crippen LogP contribution in [0.5, 0.6) is 0 Å². The van der Waals surface area contributed by atoms with Crippen molar-refractivity contribution in [3.8, 4) is 11.1 Å². The molecule has 2 nitrogen and oxygen atoms in total. The highest BCUT2D eigenvalue weighted by Gasteiger charge is 2.12. The molecule has 2 N–H and O–H groups in total. The molecule has 2 aromatic rings. The number of pyridine rings is 1. The first-order valence-corrected chi connectivity index (χ1v) is 5.92. The predicted molar refractivity (Wildman–Crippen MR) is 77.9 cm³/mol. The molecule has 1 aromatic heterocycles. The molecular weight excluding hydrogens is 239 g/mol. The molecule has 0 aliphatic heterocycles. The summed E-state index contributed by atoms with van der Waals surface area (Å²) in [6.07, 6.45) is 6.38. The van der Waals surface area contributed by atoms with Crippen molar-refractivity contribution >= 4 is 11.3 Å². The van der Waals surface area contributed by atoms with Gasteiger partial charge in [0.25, 0.3) is 0 Å². The van der Waals surface area contributed by atoms with E-state index in [-0.39, 0.29) is 5.82 Å². The predicted octanol–water partition coefficient (Wildman–Crippen LogP) is 4.06. The van der Waals surface area contributed by atoms with Crippen molar-refractivity contribution in [2.45, 2.75) is 6.92 Å². The number of halogens is 1. The normalized spacial score (nSPS) is 11.4. The molecule has 2 rings (SSSR count). The minimum absolute atomic E-state index is 0.348. The zero-order chi connectivity index (χ0) is 13.8. The summed E-state index contributed by atoms with van der Waals surface area (Å²) in [4.78, 5) is 3.92. The van der Waals surface area contributed by atoms with Gasteiger partial charge in [0.15, 0.2) is 0 Å². The van der Waals surface area contributed by atoms with Gasteiger partial charge in [-0.15, -0.1) is 0 Å². The molecule has 0 saturated heterocycles. The van der Waals surface area contributed by atoms with Crippen LogP contribution in [-0.4, -0.2) is 4.98 Å². The Morgan fingerprint density at radius 1 is 1.26 bits per heavy atom. The van der Waals surface area contributed by atoms with Crippen molar-refractivity contribution in [3.05, 3.63) is 66.8 Å². The number of hydrogen-bond acceptors (Lipinski definition) is 2. The maximum absolute atomic E-state index is 14.1. The van der Waals surface area contributed by atoms with Crippen LogP contribution in [0.3, 0.4) is 0 Å². The van der Waals surface area contributed by atoms with Crippen LogP contribution < -0.4 is 5.73 Å². The summed E-state index contributed by atoms with van der Waals surface area (Å²) in [5.74, 6) is -0.348. The van der Waals surface area contributed by atoms with E-state index in [0.717, 1.165) is 16.7 Å². The first kappa shape index (κ1) is 13.0. The van der Waals surface area contributed by atoms with Gasteiger partial charge in [-0.05, 0) is 30.2 Å². The van der Waals surface area contributed by atoms with E-state index in [1.165, 1.54) is 6.20 Å². The summed E-state index contributed by atoms with van der Waals surface area (Å²) in [7, 11) is 0. The highest BCUT2D eigenvalue weighted by molar-refractivity contribution is 5.81. The van der Waals surface area contributed by atoms with Crippen molar-refractivity contribution in [2.75, 3.05) is 5.73 Å². The lowest BCUT2D eigenvalue weighted by molar-refractivity contribution is 0.624. The molecular formula is C16H15FN2. The average molecular weight is 254 g/mol. The quantitative estimate of drug-likeness (QED) is 0.662. The molecule has 0 amide bonds. The third-order valence-corrected chi connectivity index (χ3v) is 2.89. The molecule has 0 unspecified atom stereocenters. The van der Waals surface area contributed by atoms with Gasteiger partial charge in [-0.3, -0.25) is 4.98 Å². The molecule has 1 aromatic carbocycles. The van der Waals surface area contributed by atoms with E-state index >= 15 is 0 Å². The molecule has 0 bridgehead atoms. The minimum Gasteiger partial charge on any atom is -0.399 e. The zero-order valence-electron chi connectivity index (χ0n) is 10.7. The lowest BCUT2D eigenvalue weighted by Crippen LogP contribution is -1.94. The number of allylic oxidation sites excluding steroid dienone is 3. The molecule has 1 heterocycles. The lowest BCUT2D eigenvalue weighted by atomic mass is 9.96. The van der Waals surface area contributed by atoms with Gasteiger partial charge in [0.1, 0.15) is 5.82 Å². The molecule has 0 aliphatic rings. The van der Waals surface area contributed by atoms with Crippen molar-refractivity contribution in [3.63, 3.8) is 0 Å². The van der Waals surface area contributed by atoms with Crippen LogP contribution in [-0.2, 0) is 0 Å². The van der Waals surface area contributed by atoms with E-state index in [1.807, 2.05) is 13.0 Å². The van der Waals surface area contributed by atoms with Crippen LogP contribution in [0.1, 0.15) is 12.5 Å². The number of benzene rings is 1.